The summed E-state index contributed by atoms with van der Waals surface area (Å²) in [6, 6.07) is 8.98. The molecule has 3 rings (SSSR count). The van der Waals surface area contributed by atoms with Gasteiger partial charge in [-0.1, -0.05) is 24.3 Å². The molecule has 1 amide bonds. The molecular formula is C21H18F3NO3. The van der Waals surface area contributed by atoms with Gasteiger partial charge in [0.25, 0.3) is 0 Å². The summed E-state index contributed by atoms with van der Waals surface area (Å²) in [6.07, 6.45) is -0.223. The number of rotatable bonds is 4. The van der Waals surface area contributed by atoms with Crippen LogP contribution in [0.4, 0.5) is 13.2 Å². The monoisotopic (exact) mass is 389 g/mol. The van der Waals surface area contributed by atoms with Crippen LogP contribution in [0, 0.1) is 17.5 Å². The molecule has 0 saturated heterocycles. The lowest BCUT2D eigenvalue weighted by Gasteiger charge is -2.34. The molecule has 1 aliphatic heterocycles. The van der Waals surface area contributed by atoms with E-state index in [-0.39, 0.29) is 35.4 Å². The van der Waals surface area contributed by atoms with Crippen LogP contribution in [0.3, 0.4) is 0 Å². The lowest BCUT2D eigenvalue weighted by molar-refractivity contribution is -0.138. The van der Waals surface area contributed by atoms with Gasteiger partial charge in [0.05, 0.1) is 19.2 Å². The highest BCUT2D eigenvalue weighted by atomic mass is 19.1. The normalized spacial score (nSPS) is 17.1. The molecule has 1 atom stereocenters. The van der Waals surface area contributed by atoms with Crippen LogP contribution in [0.5, 0.6) is 0 Å². The summed E-state index contributed by atoms with van der Waals surface area (Å²) >= 11 is 0. The number of allylic oxidation sites excluding steroid dienone is 1. The predicted octanol–water partition coefficient (Wildman–Crippen LogP) is 4.07. The van der Waals surface area contributed by atoms with E-state index in [0.717, 1.165) is 6.07 Å². The van der Waals surface area contributed by atoms with Crippen molar-refractivity contribution in [1.82, 2.24) is 4.90 Å². The average Bonchev–Trinajstić information content (AvgIpc) is 2.65. The molecule has 146 valence electrons. The van der Waals surface area contributed by atoms with E-state index in [1.165, 1.54) is 37.1 Å². The lowest BCUT2D eigenvalue weighted by Crippen LogP contribution is -2.38. The number of hydrogen-bond acceptors (Lipinski definition) is 3. The largest absolute Gasteiger partial charge is 0.466 e. The van der Waals surface area contributed by atoms with Crippen molar-refractivity contribution in [1.29, 1.82) is 0 Å². The smallest absolute Gasteiger partial charge is 0.336 e. The third-order valence-corrected chi connectivity index (χ3v) is 4.85. The van der Waals surface area contributed by atoms with Crippen LogP contribution in [0.15, 0.2) is 53.7 Å². The molecule has 2 aromatic carbocycles. The first-order valence-electron chi connectivity index (χ1n) is 8.61. The van der Waals surface area contributed by atoms with Crippen LogP contribution >= 0.6 is 0 Å². The fourth-order valence-corrected chi connectivity index (χ4v) is 3.42. The van der Waals surface area contributed by atoms with Crippen LogP contribution in [0.1, 0.15) is 30.4 Å². The molecule has 0 radical (unpaired) electrons. The molecular weight excluding hydrogens is 371 g/mol. The second-order valence-electron chi connectivity index (χ2n) is 6.48. The average molecular weight is 389 g/mol. The Morgan fingerprint density at radius 1 is 1.14 bits per heavy atom. The zero-order valence-corrected chi connectivity index (χ0v) is 15.3. The minimum absolute atomic E-state index is 0.0278. The highest BCUT2D eigenvalue weighted by Crippen LogP contribution is 2.38. The van der Waals surface area contributed by atoms with Crippen molar-refractivity contribution in [3.8, 4) is 0 Å². The van der Waals surface area contributed by atoms with Gasteiger partial charge in [0.15, 0.2) is 0 Å². The highest BCUT2D eigenvalue weighted by Gasteiger charge is 2.38. The molecule has 1 heterocycles. The van der Waals surface area contributed by atoms with Crippen molar-refractivity contribution in [2.45, 2.75) is 25.8 Å². The van der Waals surface area contributed by atoms with E-state index < -0.39 is 35.2 Å². The third-order valence-electron chi connectivity index (χ3n) is 4.85. The van der Waals surface area contributed by atoms with Crippen molar-refractivity contribution < 1.29 is 27.5 Å². The molecule has 1 unspecified atom stereocenters. The molecule has 0 spiro atoms. The Morgan fingerprint density at radius 2 is 1.86 bits per heavy atom. The highest BCUT2D eigenvalue weighted by molar-refractivity contribution is 5.95. The van der Waals surface area contributed by atoms with E-state index in [1.807, 2.05) is 0 Å². The first-order chi connectivity index (χ1) is 13.3. The van der Waals surface area contributed by atoms with Gasteiger partial charge in [0.2, 0.25) is 5.91 Å². The third kappa shape index (κ3) is 3.65. The summed E-state index contributed by atoms with van der Waals surface area (Å²) in [5, 5.41) is 0. The van der Waals surface area contributed by atoms with E-state index in [9.17, 15) is 22.8 Å². The predicted molar refractivity (Wildman–Crippen MR) is 95.4 cm³/mol. The SMILES string of the molecule is COC(=O)C1=C(C)N(Cc2ccccc2F)C(=O)CC1c1ccc(F)cc1F. The number of methoxy groups -OCH3 is 1. The minimum Gasteiger partial charge on any atom is -0.466 e. The van der Waals surface area contributed by atoms with Gasteiger partial charge in [-0.05, 0) is 24.6 Å². The Kier molecular flexibility index (Phi) is 5.53. The molecule has 2 aromatic rings. The second-order valence-corrected chi connectivity index (χ2v) is 6.48. The molecule has 0 bridgehead atoms. The zero-order chi connectivity index (χ0) is 20.4. The van der Waals surface area contributed by atoms with E-state index in [4.69, 9.17) is 4.74 Å². The maximum absolute atomic E-state index is 14.3. The molecule has 0 fully saturated rings. The number of halogens is 3. The maximum Gasteiger partial charge on any atom is 0.336 e. The van der Waals surface area contributed by atoms with Crippen LogP contribution in [-0.4, -0.2) is 23.9 Å². The summed E-state index contributed by atoms with van der Waals surface area (Å²) in [5.41, 5.74) is 0.648. The van der Waals surface area contributed by atoms with Crippen LogP contribution < -0.4 is 0 Å². The molecule has 4 nitrogen and oxygen atoms in total. The van der Waals surface area contributed by atoms with Crippen molar-refractivity contribution in [2.75, 3.05) is 7.11 Å². The molecule has 1 aliphatic rings. The van der Waals surface area contributed by atoms with Gasteiger partial charge in [-0.2, -0.15) is 0 Å². The number of amides is 1. The standard InChI is InChI=1S/C21H18F3NO3/c1-12-20(21(27)28-2)16(15-8-7-14(22)9-18(15)24)10-19(26)25(12)11-13-5-3-4-6-17(13)23/h3-9,16H,10-11H2,1-2H3. The van der Waals surface area contributed by atoms with Crippen LogP contribution in [-0.2, 0) is 20.9 Å². The van der Waals surface area contributed by atoms with Crippen LogP contribution in [0.25, 0.3) is 0 Å². The van der Waals surface area contributed by atoms with E-state index in [0.29, 0.717) is 6.07 Å². The quantitative estimate of drug-likeness (QED) is 0.741. The summed E-state index contributed by atoms with van der Waals surface area (Å²) in [6.45, 7) is 1.45. The first-order valence-corrected chi connectivity index (χ1v) is 8.61. The lowest BCUT2D eigenvalue weighted by atomic mass is 9.83. The molecule has 0 aliphatic carbocycles. The fraction of sp³-hybridized carbons (Fsp3) is 0.238. The minimum atomic E-state index is -0.919. The number of benzene rings is 2. The molecule has 28 heavy (non-hydrogen) atoms. The van der Waals surface area contributed by atoms with E-state index in [2.05, 4.69) is 0 Å². The topological polar surface area (TPSA) is 46.6 Å². The fourth-order valence-electron chi connectivity index (χ4n) is 3.42. The number of esters is 1. The van der Waals surface area contributed by atoms with Gasteiger partial charge in [-0.3, -0.25) is 4.79 Å². The molecule has 7 heteroatoms. The van der Waals surface area contributed by atoms with Gasteiger partial charge in [0.1, 0.15) is 17.5 Å². The Bertz CT molecular complexity index is 971. The summed E-state index contributed by atoms with van der Waals surface area (Å²) in [7, 11) is 1.18. The molecule has 0 aromatic heterocycles. The number of ether oxygens (including phenoxy) is 1. The van der Waals surface area contributed by atoms with Crippen molar-refractivity contribution in [3.63, 3.8) is 0 Å². The number of nitrogens with zero attached hydrogens (tertiary/aromatic N) is 1. The van der Waals surface area contributed by atoms with Gasteiger partial charge < -0.3 is 9.64 Å². The van der Waals surface area contributed by atoms with Gasteiger partial charge in [-0.15, -0.1) is 0 Å². The van der Waals surface area contributed by atoms with E-state index >= 15 is 0 Å². The Morgan fingerprint density at radius 3 is 2.50 bits per heavy atom. The molecule has 0 N–H and O–H groups in total. The van der Waals surface area contributed by atoms with E-state index in [1.54, 1.807) is 12.1 Å². The second kappa shape index (κ2) is 7.88. The van der Waals surface area contributed by atoms with Crippen molar-refractivity contribution >= 4 is 11.9 Å². The Balaban J connectivity index is 2.07. The van der Waals surface area contributed by atoms with Crippen molar-refractivity contribution in [3.05, 3.63) is 82.3 Å². The Hall–Kier alpha value is -3.09. The Labute approximate surface area is 160 Å². The summed E-state index contributed by atoms with van der Waals surface area (Å²) < 4.78 is 46.5. The van der Waals surface area contributed by atoms with Crippen molar-refractivity contribution in [2.24, 2.45) is 0 Å². The van der Waals surface area contributed by atoms with Gasteiger partial charge in [0, 0.05) is 29.7 Å². The van der Waals surface area contributed by atoms with Gasteiger partial charge in [-0.25, -0.2) is 18.0 Å². The van der Waals surface area contributed by atoms with Crippen LogP contribution in [0.2, 0.25) is 0 Å². The summed E-state index contributed by atoms with van der Waals surface area (Å²) in [5.74, 6) is -4.13. The number of hydrogen-bond donors (Lipinski definition) is 0. The number of carbonyl (C=O) groups is 2. The number of carbonyl (C=O) groups excluding carboxylic acids is 2. The molecule has 0 saturated carbocycles. The van der Waals surface area contributed by atoms with Gasteiger partial charge >= 0.3 is 5.97 Å². The zero-order valence-electron chi connectivity index (χ0n) is 15.3. The maximum atomic E-state index is 14.3. The summed E-state index contributed by atoms with van der Waals surface area (Å²) in [4.78, 5) is 26.5. The first kappa shape index (κ1) is 19.7.